The van der Waals surface area contributed by atoms with Gasteiger partial charge < -0.3 is 9.13 Å². The maximum atomic E-state index is 4.05. The molecule has 5 heteroatoms. The third-order valence-electron chi connectivity index (χ3n) is 8.44. The average Bonchev–Trinajstić information content (AvgIpc) is 2.99. The van der Waals surface area contributed by atoms with Crippen LogP contribution >= 0.6 is 31.9 Å². The lowest BCUT2D eigenvalue weighted by molar-refractivity contribution is -0.498. The molecule has 0 unspecified atom stereocenters. The summed E-state index contributed by atoms with van der Waals surface area (Å²) in [5.41, 5.74) is 5.11. The van der Waals surface area contributed by atoms with Gasteiger partial charge in [-0.05, 0) is 79.1 Å². The van der Waals surface area contributed by atoms with Crippen LogP contribution < -0.4 is 10.3 Å². The van der Waals surface area contributed by atoms with Gasteiger partial charge in [-0.15, -0.1) is 0 Å². The molecule has 0 radical (unpaired) electrons. The first kappa shape index (κ1) is 26.7. The van der Waals surface area contributed by atoms with Gasteiger partial charge in [0.2, 0.25) is 5.36 Å². The van der Waals surface area contributed by atoms with Crippen molar-refractivity contribution in [2.24, 2.45) is 0 Å². The number of pyridine rings is 2. The number of aryl methyl sites for hydroxylation is 2. The molecule has 0 saturated carbocycles. The summed E-state index contributed by atoms with van der Waals surface area (Å²) in [4.78, 5) is 3.77. The Morgan fingerprint density at radius 2 is 1.20 bits per heavy atom. The highest BCUT2D eigenvalue weighted by Gasteiger charge is 2.24. The van der Waals surface area contributed by atoms with Gasteiger partial charge in [0.15, 0.2) is 0 Å². The summed E-state index contributed by atoms with van der Waals surface area (Å²) < 4.78 is 7.36. The van der Waals surface area contributed by atoms with Gasteiger partial charge in [0.05, 0.1) is 21.9 Å². The molecular formula is C36H34Br2N3+. The van der Waals surface area contributed by atoms with Gasteiger partial charge in [0.1, 0.15) is 6.54 Å². The Kier molecular flexibility index (Phi) is 6.91. The molecule has 3 nitrogen and oxygen atoms in total. The molecule has 2 aromatic heterocycles. The molecule has 0 aliphatic rings. The predicted octanol–water partition coefficient (Wildman–Crippen LogP) is 8.95. The molecule has 206 valence electrons. The Morgan fingerprint density at radius 3 is 1.88 bits per heavy atom. The topological polar surface area (TPSA) is 23.8 Å². The van der Waals surface area contributed by atoms with Crippen molar-refractivity contribution in [3.8, 4) is 0 Å². The standard InChI is InChI=1S/C36H33Br2N3/c1-4-17-39-28-21-30-32(25-14-10-9-13-24(25)28)33-31-23-12-8-7-11-22(23)15-16-29(31)40(18-5-2)35-26(37)20-27(38)36(34(33)35)41(30)19-6-3/h7-16,20-21H,4-6,17-19H2,1-3H3/p+1. The summed E-state index contributed by atoms with van der Waals surface area (Å²) in [7, 11) is 0. The van der Waals surface area contributed by atoms with Crippen molar-refractivity contribution in [2.75, 3.05) is 6.54 Å². The number of nitrogens with zero attached hydrogens (tertiary/aromatic N) is 2. The van der Waals surface area contributed by atoms with Crippen molar-refractivity contribution < 1.29 is 4.99 Å². The molecule has 5 aromatic carbocycles. The number of hydrogen-bond donors (Lipinski definition) is 1. The van der Waals surface area contributed by atoms with Crippen molar-refractivity contribution >= 4 is 97.0 Å². The number of benzene rings is 5. The van der Waals surface area contributed by atoms with E-state index in [1.54, 1.807) is 0 Å². The number of nitrogens with one attached hydrogen (secondary N) is 1. The molecule has 7 aromatic rings. The normalized spacial score (nSPS) is 12.8. The zero-order valence-corrected chi connectivity index (χ0v) is 27.0. The van der Waals surface area contributed by atoms with Gasteiger partial charge in [-0.25, -0.2) is 4.99 Å². The van der Waals surface area contributed by atoms with Crippen LogP contribution in [0.15, 0.2) is 81.7 Å². The van der Waals surface area contributed by atoms with Crippen LogP contribution in [0.3, 0.4) is 0 Å². The number of rotatable bonds is 6. The van der Waals surface area contributed by atoms with Gasteiger partial charge in [-0.3, -0.25) is 0 Å². The van der Waals surface area contributed by atoms with E-state index in [4.69, 9.17) is 0 Å². The molecule has 0 aliphatic heterocycles. The van der Waals surface area contributed by atoms with E-state index in [9.17, 15) is 0 Å². The molecule has 41 heavy (non-hydrogen) atoms. The summed E-state index contributed by atoms with van der Waals surface area (Å²) in [6.07, 6.45) is 3.19. The largest absolute Gasteiger partial charge is 0.339 e. The molecule has 7 rings (SSSR count). The van der Waals surface area contributed by atoms with Gasteiger partial charge in [0.25, 0.3) is 0 Å². The first-order valence-electron chi connectivity index (χ1n) is 14.8. The first-order valence-corrected chi connectivity index (χ1v) is 16.4. The lowest BCUT2D eigenvalue weighted by Crippen LogP contribution is -2.76. The summed E-state index contributed by atoms with van der Waals surface area (Å²) in [6, 6.07) is 27.2. The lowest BCUT2D eigenvalue weighted by atomic mass is 9.92. The smallest absolute Gasteiger partial charge is 0.208 e. The van der Waals surface area contributed by atoms with E-state index in [2.05, 4.69) is 140 Å². The van der Waals surface area contributed by atoms with E-state index in [1.807, 2.05) is 0 Å². The van der Waals surface area contributed by atoms with Gasteiger partial charge in [0, 0.05) is 61.6 Å². The molecule has 1 N–H and O–H groups in total. The van der Waals surface area contributed by atoms with Crippen molar-refractivity contribution in [1.29, 1.82) is 0 Å². The molecule has 0 atom stereocenters. The first-order chi connectivity index (χ1) is 20.1. The summed E-state index contributed by atoms with van der Waals surface area (Å²) >= 11 is 8.08. The Balaban J connectivity index is 1.94. The van der Waals surface area contributed by atoms with E-state index >= 15 is 0 Å². The monoisotopic (exact) mass is 666 g/mol. The lowest BCUT2D eigenvalue weighted by Gasteiger charge is -2.26. The fraction of sp³-hybridized carbons (Fsp3) is 0.250. The minimum Gasteiger partial charge on any atom is -0.339 e. The van der Waals surface area contributed by atoms with Gasteiger partial charge in [-0.2, -0.15) is 0 Å². The fourth-order valence-electron chi connectivity index (χ4n) is 6.88. The summed E-state index contributed by atoms with van der Waals surface area (Å²) in [5, 5.41) is 11.7. The van der Waals surface area contributed by atoms with Crippen molar-refractivity contribution in [2.45, 2.75) is 53.1 Å². The highest BCUT2D eigenvalue weighted by atomic mass is 79.9. The second-order valence-corrected chi connectivity index (χ2v) is 12.8. The van der Waals surface area contributed by atoms with Crippen LogP contribution in [0.25, 0.3) is 65.2 Å². The van der Waals surface area contributed by atoms with Crippen molar-refractivity contribution in [3.63, 3.8) is 0 Å². The van der Waals surface area contributed by atoms with Crippen LogP contribution in [0.2, 0.25) is 0 Å². The van der Waals surface area contributed by atoms with E-state index in [1.165, 1.54) is 70.5 Å². The maximum Gasteiger partial charge on any atom is 0.208 e. The third-order valence-corrected chi connectivity index (χ3v) is 9.65. The molecular weight excluding hydrogens is 634 g/mol. The molecule has 0 spiro atoms. The second kappa shape index (κ2) is 10.6. The summed E-state index contributed by atoms with van der Waals surface area (Å²) in [6.45, 7) is 9.62. The molecule has 0 bridgehead atoms. The van der Waals surface area contributed by atoms with Crippen LogP contribution in [0.5, 0.6) is 0 Å². The number of fused-ring (bicyclic) bond motifs is 8. The summed E-state index contributed by atoms with van der Waals surface area (Å²) in [5.74, 6) is 0. The quantitative estimate of drug-likeness (QED) is 0.135. The highest BCUT2D eigenvalue weighted by molar-refractivity contribution is 9.11. The van der Waals surface area contributed by atoms with E-state index in [-0.39, 0.29) is 0 Å². The zero-order valence-electron chi connectivity index (χ0n) is 23.8. The van der Waals surface area contributed by atoms with Crippen LogP contribution in [0.4, 0.5) is 0 Å². The molecule has 0 aliphatic carbocycles. The van der Waals surface area contributed by atoms with Gasteiger partial charge >= 0.3 is 0 Å². The Labute approximate surface area is 256 Å². The van der Waals surface area contributed by atoms with Crippen molar-refractivity contribution in [3.05, 3.63) is 87.1 Å². The number of aromatic nitrogens is 2. The van der Waals surface area contributed by atoms with Crippen LogP contribution in [0, 0.1) is 0 Å². The van der Waals surface area contributed by atoms with E-state index in [0.717, 1.165) is 47.8 Å². The molecule has 0 fully saturated rings. The van der Waals surface area contributed by atoms with E-state index < -0.39 is 0 Å². The number of halogens is 2. The van der Waals surface area contributed by atoms with Crippen LogP contribution in [0.1, 0.15) is 40.0 Å². The number of hydrogen-bond acceptors (Lipinski definition) is 0. The minimum absolute atomic E-state index is 0.939. The average molecular weight is 668 g/mol. The highest BCUT2D eigenvalue weighted by Crippen LogP contribution is 2.47. The van der Waals surface area contributed by atoms with Crippen molar-refractivity contribution in [1.82, 2.24) is 9.13 Å². The molecule has 2 heterocycles. The molecule has 0 amide bonds. The Bertz CT molecular complexity index is 2220. The zero-order chi connectivity index (χ0) is 28.2. The Hall–Kier alpha value is -3.15. The fourth-order valence-corrected chi connectivity index (χ4v) is 8.47. The van der Waals surface area contributed by atoms with Crippen LogP contribution in [-0.4, -0.2) is 15.7 Å². The van der Waals surface area contributed by atoms with E-state index in [0.29, 0.717) is 0 Å². The third kappa shape index (κ3) is 3.99. The maximum absolute atomic E-state index is 4.05. The second-order valence-electron chi connectivity index (χ2n) is 11.1. The predicted molar refractivity (Wildman–Crippen MR) is 183 cm³/mol. The Morgan fingerprint density at radius 1 is 0.585 bits per heavy atom. The minimum atomic E-state index is 0.939. The van der Waals surface area contributed by atoms with Gasteiger partial charge in [-0.1, -0.05) is 69.3 Å². The SMILES string of the molecule is CCC[NH+]=c1cc2c(c3ccccc13)c1c3c4ccccc4ccc3n(CCC)c3c(Br)cc(Br)c(c13)n2CCC. The molecule has 0 saturated heterocycles. The van der Waals surface area contributed by atoms with Crippen LogP contribution in [-0.2, 0) is 13.1 Å².